The summed E-state index contributed by atoms with van der Waals surface area (Å²) in [5, 5.41) is 32.1. The van der Waals surface area contributed by atoms with Gasteiger partial charge in [-0.1, -0.05) is 101 Å². The van der Waals surface area contributed by atoms with Crippen LogP contribution < -0.4 is 15.3 Å². The van der Waals surface area contributed by atoms with Gasteiger partial charge in [0.25, 0.3) is 0 Å². The summed E-state index contributed by atoms with van der Waals surface area (Å²) in [6, 6.07) is 0. The fourth-order valence-electron chi connectivity index (χ4n) is 1.81. The molecule has 0 saturated heterocycles. The van der Waals surface area contributed by atoms with E-state index in [-0.39, 0.29) is 0 Å². The summed E-state index contributed by atoms with van der Waals surface area (Å²) in [6.07, 6.45) is 5.34. The Morgan fingerprint density at radius 1 is 0.565 bits per heavy atom. The van der Waals surface area contributed by atoms with Crippen LogP contribution in [0.3, 0.4) is 0 Å². The second-order valence-electron chi connectivity index (χ2n) is 7.53. The molecule has 0 radical (unpaired) electrons. The first-order valence-corrected chi connectivity index (χ1v) is 10.6. The summed E-state index contributed by atoms with van der Waals surface area (Å²) in [7, 11) is 4.64. The van der Waals surface area contributed by atoms with Gasteiger partial charge in [0, 0.05) is 0 Å². The fourth-order valence-corrected chi connectivity index (χ4v) is 1.81. The summed E-state index contributed by atoms with van der Waals surface area (Å²) in [4.78, 5) is 0. The van der Waals surface area contributed by atoms with E-state index in [0.29, 0.717) is 0 Å². The van der Waals surface area contributed by atoms with Crippen LogP contribution >= 0.6 is 9.30 Å². The van der Waals surface area contributed by atoms with Crippen molar-refractivity contribution in [2.24, 2.45) is 0 Å². The molecular weight excluding hydrogens is 348 g/mol. The van der Waals surface area contributed by atoms with Crippen LogP contribution in [0.4, 0.5) is 0 Å². The van der Waals surface area contributed by atoms with E-state index in [2.05, 4.69) is 9.30 Å². The summed E-state index contributed by atoms with van der Waals surface area (Å²) in [6.45, 7) is 16.4. The van der Waals surface area contributed by atoms with Gasteiger partial charge in [-0.15, -0.1) is 16.8 Å². The van der Waals surface area contributed by atoms with E-state index < -0.39 is 16.8 Å². The van der Waals surface area contributed by atoms with Crippen molar-refractivity contribution in [3.05, 3.63) is 0 Å². The Kier molecular flexibility index (Phi) is 24.3. The molecule has 0 aromatic rings. The number of hydrogen-bond donors (Lipinski definition) is 0. The van der Waals surface area contributed by atoms with Gasteiger partial charge in [-0.2, -0.15) is 0 Å². The van der Waals surface area contributed by atoms with Gasteiger partial charge in [0.2, 0.25) is 0 Å². The van der Waals surface area contributed by atoms with Gasteiger partial charge in [-0.05, 0) is 0 Å². The summed E-state index contributed by atoms with van der Waals surface area (Å²) in [5.74, 6) is 0. The van der Waals surface area contributed by atoms with Crippen molar-refractivity contribution in [1.29, 1.82) is 0 Å². The van der Waals surface area contributed by atoms with Crippen molar-refractivity contribution >= 4 is 9.30 Å². The van der Waals surface area contributed by atoms with E-state index in [4.69, 9.17) is 0 Å². The topological polar surface area (TPSA) is 69.2 Å². The van der Waals surface area contributed by atoms with Crippen LogP contribution in [0.2, 0.25) is 0 Å². The van der Waals surface area contributed by atoms with Crippen molar-refractivity contribution in [2.45, 2.75) is 118 Å². The predicted octanol–water partition coefficient (Wildman–Crippen LogP) is 3.46. The van der Waals surface area contributed by atoms with Gasteiger partial charge in [-0.3, -0.25) is 0 Å². The van der Waals surface area contributed by atoms with Crippen molar-refractivity contribution < 1.29 is 34.7 Å². The minimum atomic E-state index is -0.700. The van der Waals surface area contributed by atoms with Crippen molar-refractivity contribution in [2.75, 3.05) is 0 Å². The van der Waals surface area contributed by atoms with Crippen molar-refractivity contribution in [3.63, 3.8) is 0 Å². The van der Waals surface area contributed by atoms with E-state index in [0.717, 1.165) is 38.5 Å². The fraction of sp³-hybridized carbons (Fsp3) is 1.00. The van der Waals surface area contributed by atoms with E-state index >= 15 is 0 Å². The molecule has 3 nitrogen and oxygen atoms in total. The average Bonchev–Trinajstić information content (AvgIpc) is 2.28. The van der Waals surface area contributed by atoms with Gasteiger partial charge in [0.1, 0.15) is 0 Å². The van der Waals surface area contributed by atoms with Gasteiger partial charge in [0.05, 0.1) is 0 Å². The number of rotatable bonds is 6. The molecule has 0 heterocycles. The molecule has 0 fully saturated rings. The van der Waals surface area contributed by atoms with E-state index in [1.54, 1.807) is 41.5 Å². The third-order valence-electron chi connectivity index (χ3n) is 2.56. The first kappa shape index (κ1) is 31.6. The van der Waals surface area contributed by atoms with Gasteiger partial charge >= 0.3 is 28.7 Å². The molecule has 0 bridgehead atoms. The maximum atomic E-state index is 10.7. The van der Waals surface area contributed by atoms with Gasteiger partial charge in [0.15, 0.2) is 0 Å². The summed E-state index contributed by atoms with van der Waals surface area (Å²) < 4.78 is 0. The van der Waals surface area contributed by atoms with Crippen LogP contribution in [0.1, 0.15) is 101 Å². The number of hydrogen-bond acceptors (Lipinski definition) is 3. The molecule has 0 aliphatic rings. The van der Waals surface area contributed by atoms with Crippen LogP contribution in [0.15, 0.2) is 0 Å². The first-order chi connectivity index (χ1) is 10.2. The van der Waals surface area contributed by atoms with E-state index in [1.165, 1.54) is 19.4 Å². The second-order valence-corrected chi connectivity index (χ2v) is 7.53. The molecule has 0 aromatic carbocycles. The molecule has 0 unspecified atom stereocenters. The van der Waals surface area contributed by atoms with E-state index in [1.807, 2.05) is 20.8 Å². The predicted molar refractivity (Wildman–Crippen MR) is 92.8 cm³/mol. The summed E-state index contributed by atoms with van der Waals surface area (Å²) in [5.41, 5.74) is -2.10. The molecule has 23 heavy (non-hydrogen) atoms. The molecule has 0 N–H and O–H groups in total. The molecular formula is C18H39ClO3Ti. The second kappa shape index (κ2) is 17.7. The zero-order valence-electron chi connectivity index (χ0n) is 16.8. The SMILES string of the molecule is CCCC(C)(C)[O-].CCCC(C)(C)[O-].CCCC(C)(C)[O-].[Cl][Ti+3]. The van der Waals surface area contributed by atoms with Crippen LogP contribution in [0.5, 0.6) is 0 Å². The van der Waals surface area contributed by atoms with Crippen molar-refractivity contribution in [1.82, 2.24) is 0 Å². The van der Waals surface area contributed by atoms with Crippen LogP contribution in [0, 0.1) is 0 Å². The molecule has 0 aromatic heterocycles. The quantitative estimate of drug-likeness (QED) is 0.656. The third-order valence-corrected chi connectivity index (χ3v) is 2.56. The molecule has 0 aliphatic carbocycles. The first-order valence-electron chi connectivity index (χ1n) is 8.48. The van der Waals surface area contributed by atoms with Crippen molar-refractivity contribution in [3.8, 4) is 0 Å². The van der Waals surface area contributed by atoms with Gasteiger partial charge in [-0.25, -0.2) is 0 Å². The monoisotopic (exact) mass is 386 g/mol. The zero-order valence-corrected chi connectivity index (χ0v) is 19.2. The van der Waals surface area contributed by atoms with E-state index in [9.17, 15) is 15.3 Å². The third kappa shape index (κ3) is 60.1. The maximum absolute atomic E-state index is 10.7. The standard InChI is InChI=1S/3C6H13O.ClH.Ti/c3*1-4-5-6(2,3)7;;/h3*4-5H2,1-3H3;1H;/q3*-1;;+4/p-1. The Hall–Kier alpha value is 0.884. The van der Waals surface area contributed by atoms with Crippen LogP contribution in [0.25, 0.3) is 0 Å². The molecule has 140 valence electrons. The van der Waals surface area contributed by atoms with Crippen LogP contribution in [-0.2, 0) is 19.4 Å². The Bertz CT molecular complexity index is 178. The summed E-state index contributed by atoms with van der Waals surface area (Å²) >= 11 is 1.47. The molecule has 0 saturated carbocycles. The Morgan fingerprint density at radius 2 is 0.696 bits per heavy atom. The number of halogens is 1. The minimum absolute atomic E-state index is 0.700. The molecule has 0 aliphatic heterocycles. The molecule has 0 atom stereocenters. The molecule has 0 amide bonds. The molecule has 0 rings (SSSR count). The Labute approximate surface area is 161 Å². The zero-order chi connectivity index (χ0) is 19.7. The molecule has 0 spiro atoms. The molecule has 5 heteroatoms. The van der Waals surface area contributed by atoms with Gasteiger partial charge < -0.3 is 15.3 Å². The Balaban J connectivity index is -0.000000111. The average molecular weight is 387 g/mol. The normalized spacial score (nSPS) is 11.3. The van der Waals surface area contributed by atoms with Crippen LogP contribution in [-0.4, -0.2) is 16.8 Å². The Morgan fingerprint density at radius 3 is 0.696 bits per heavy atom.